The number of rotatable bonds is 7. The summed E-state index contributed by atoms with van der Waals surface area (Å²) in [5.74, 6) is -0.231. The van der Waals surface area contributed by atoms with Gasteiger partial charge >= 0.3 is 0 Å². The van der Waals surface area contributed by atoms with Crippen LogP contribution < -0.4 is 11.1 Å². The number of nitrogens with two attached hydrogens (primary N) is 1. The molecule has 0 saturated carbocycles. The van der Waals surface area contributed by atoms with Gasteiger partial charge in [0, 0.05) is 11.3 Å². The van der Waals surface area contributed by atoms with Gasteiger partial charge in [0.1, 0.15) is 11.6 Å². The molecule has 0 spiro atoms. The predicted molar refractivity (Wildman–Crippen MR) is 87.5 cm³/mol. The zero-order chi connectivity index (χ0) is 15.9. The van der Waals surface area contributed by atoms with E-state index < -0.39 is 0 Å². The molecule has 0 fully saturated rings. The molecule has 1 amide bonds. The minimum atomic E-state index is -0.231. The fourth-order valence-corrected chi connectivity index (χ4v) is 1.65. The fraction of sp³-hybridized carbons (Fsp3) is 0.467. The van der Waals surface area contributed by atoms with Crippen molar-refractivity contribution in [1.29, 1.82) is 0 Å². The van der Waals surface area contributed by atoms with E-state index in [1.165, 1.54) is 0 Å². The Morgan fingerprint density at radius 2 is 2.05 bits per heavy atom. The molecule has 0 unspecified atom stereocenters. The second kappa shape index (κ2) is 8.07. The van der Waals surface area contributed by atoms with Crippen LogP contribution in [0, 0.1) is 0 Å². The number of hydrogen-bond acceptors (Lipinski definition) is 4. The Morgan fingerprint density at radius 1 is 1.33 bits per heavy atom. The molecule has 1 aromatic rings. The molecule has 5 nitrogen and oxygen atoms in total. The van der Waals surface area contributed by atoms with Crippen LogP contribution in [-0.4, -0.2) is 36.3 Å². The molecule has 21 heavy (non-hydrogen) atoms. The monoisotopic (exact) mass is 310 g/mol. The highest BCUT2D eigenvalue weighted by Crippen LogP contribution is 2.10. The summed E-state index contributed by atoms with van der Waals surface area (Å²) in [6.07, 6.45) is 0. The van der Waals surface area contributed by atoms with E-state index in [0.717, 1.165) is 0 Å². The number of benzene rings is 1. The van der Waals surface area contributed by atoms with Crippen LogP contribution in [0.1, 0.15) is 26.3 Å². The third-order valence-corrected chi connectivity index (χ3v) is 2.66. The molecule has 0 radical (unpaired) electrons. The van der Waals surface area contributed by atoms with Crippen LogP contribution in [-0.2, 0) is 14.3 Å². The van der Waals surface area contributed by atoms with Crippen molar-refractivity contribution in [3.63, 3.8) is 0 Å². The maximum absolute atomic E-state index is 11.7. The summed E-state index contributed by atoms with van der Waals surface area (Å²) in [4.78, 5) is 12.0. The lowest BCUT2D eigenvalue weighted by atomic mass is 10.2. The molecule has 0 heterocycles. The maximum atomic E-state index is 11.7. The molecule has 0 bridgehead atoms. The highest BCUT2D eigenvalue weighted by molar-refractivity contribution is 7.80. The smallest absolute Gasteiger partial charge is 0.250 e. The minimum Gasteiger partial charge on any atom is -0.389 e. The number of carbonyl (C=O) groups excluding carboxylic acids is 1. The molecule has 0 aliphatic rings. The lowest BCUT2D eigenvalue weighted by Crippen LogP contribution is -2.24. The van der Waals surface area contributed by atoms with E-state index in [1.807, 2.05) is 20.8 Å². The second-order valence-electron chi connectivity index (χ2n) is 5.51. The molecular weight excluding hydrogens is 288 g/mol. The van der Waals surface area contributed by atoms with Crippen molar-refractivity contribution in [2.24, 2.45) is 5.73 Å². The zero-order valence-corrected chi connectivity index (χ0v) is 13.5. The quantitative estimate of drug-likeness (QED) is 0.596. The number of anilines is 1. The number of hydrogen-bond donors (Lipinski definition) is 2. The first-order chi connectivity index (χ1) is 9.78. The highest BCUT2D eigenvalue weighted by atomic mass is 32.1. The van der Waals surface area contributed by atoms with Crippen LogP contribution in [0.5, 0.6) is 0 Å². The van der Waals surface area contributed by atoms with Gasteiger partial charge in [-0.05, 0) is 32.9 Å². The van der Waals surface area contributed by atoms with E-state index in [1.54, 1.807) is 24.3 Å². The van der Waals surface area contributed by atoms with Crippen LogP contribution >= 0.6 is 12.2 Å². The summed E-state index contributed by atoms with van der Waals surface area (Å²) in [5, 5.41) is 2.72. The molecule has 3 N–H and O–H groups in total. The third-order valence-electron chi connectivity index (χ3n) is 2.43. The topological polar surface area (TPSA) is 73.6 Å². The SMILES string of the molecule is CC(C)(C)OCCOCC(=O)Nc1cccc(C(N)=S)c1. The largest absolute Gasteiger partial charge is 0.389 e. The first kappa shape index (κ1) is 17.6. The molecule has 0 saturated heterocycles. The zero-order valence-electron chi connectivity index (χ0n) is 12.6. The Morgan fingerprint density at radius 3 is 2.67 bits per heavy atom. The average molecular weight is 310 g/mol. The van der Waals surface area contributed by atoms with Crippen LogP contribution in [0.3, 0.4) is 0 Å². The number of nitrogens with one attached hydrogen (secondary N) is 1. The number of carbonyl (C=O) groups is 1. The van der Waals surface area contributed by atoms with E-state index >= 15 is 0 Å². The lowest BCUT2D eigenvalue weighted by molar-refractivity contribution is -0.121. The van der Waals surface area contributed by atoms with Crippen molar-refractivity contribution in [1.82, 2.24) is 0 Å². The normalized spacial score (nSPS) is 11.2. The molecule has 116 valence electrons. The predicted octanol–water partition coefficient (Wildman–Crippen LogP) is 2.09. The molecule has 1 aromatic carbocycles. The van der Waals surface area contributed by atoms with E-state index in [-0.39, 0.29) is 18.1 Å². The summed E-state index contributed by atoms with van der Waals surface area (Å²) < 4.78 is 10.7. The van der Waals surface area contributed by atoms with Crippen molar-refractivity contribution >= 4 is 28.8 Å². The Balaban J connectivity index is 2.31. The molecule has 0 aliphatic heterocycles. The number of ether oxygens (including phenoxy) is 2. The highest BCUT2D eigenvalue weighted by Gasteiger charge is 2.09. The van der Waals surface area contributed by atoms with Gasteiger partial charge in [-0.15, -0.1) is 0 Å². The number of amides is 1. The summed E-state index contributed by atoms with van der Waals surface area (Å²) in [7, 11) is 0. The van der Waals surface area contributed by atoms with Gasteiger partial charge < -0.3 is 20.5 Å². The second-order valence-corrected chi connectivity index (χ2v) is 5.95. The lowest BCUT2D eigenvalue weighted by Gasteiger charge is -2.19. The van der Waals surface area contributed by atoms with Gasteiger partial charge in [-0.1, -0.05) is 24.4 Å². The summed E-state index contributed by atoms with van der Waals surface area (Å²) >= 11 is 4.89. The maximum Gasteiger partial charge on any atom is 0.250 e. The summed E-state index contributed by atoms with van der Waals surface area (Å²) in [6, 6.07) is 7.06. The van der Waals surface area contributed by atoms with Crippen LogP contribution in [0.2, 0.25) is 0 Å². The van der Waals surface area contributed by atoms with Gasteiger partial charge in [0.15, 0.2) is 0 Å². The standard InChI is InChI=1S/C15H22N2O3S/c1-15(2,3)20-8-7-19-10-13(18)17-12-6-4-5-11(9-12)14(16)21/h4-6,9H,7-8,10H2,1-3H3,(H2,16,21)(H,17,18). The van der Waals surface area contributed by atoms with Gasteiger partial charge in [0.05, 0.1) is 18.8 Å². The first-order valence-electron chi connectivity index (χ1n) is 6.69. The molecule has 6 heteroatoms. The molecular formula is C15H22N2O3S. The molecule has 0 aliphatic carbocycles. The van der Waals surface area contributed by atoms with E-state index in [9.17, 15) is 4.79 Å². The van der Waals surface area contributed by atoms with Crippen molar-refractivity contribution in [2.45, 2.75) is 26.4 Å². The average Bonchev–Trinajstić information content (AvgIpc) is 2.37. The van der Waals surface area contributed by atoms with Crippen molar-refractivity contribution in [2.75, 3.05) is 25.1 Å². The molecule has 1 rings (SSSR count). The van der Waals surface area contributed by atoms with Crippen LogP contribution in [0.25, 0.3) is 0 Å². The Bertz CT molecular complexity index is 498. The summed E-state index contributed by atoms with van der Waals surface area (Å²) in [5.41, 5.74) is 6.69. The first-order valence-corrected chi connectivity index (χ1v) is 7.10. The summed E-state index contributed by atoms with van der Waals surface area (Å²) in [6.45, 7) is 6.70. The van der Waals surface area contributed by atoms with Gasteiger partial charge in [-0.3, -0.25) is 4.79 Å². The minimum absolute atomic E-state index is 0.0230. The van der Waals surface area contributed by atoms with Crippen LogP contribution in [0.15, 0.2) is 24.3 Å². The van der Waals surface area contributed by atoms with Gasteiger partial charge in [-0.25, -0.2) is 0 Å². The molecule has 0 atom stereocenters. The van der Waals surface area contributed by atoms with Crippen LogP contribution in [0.4, 0.5) is 5.69 Å². The van der Waals surface area contributed by atoms with E-state index in [0.29, 0.717) is 29.5 Å². The van der Waals surface area contributed by atoms with Crippen molar-refractivity contribution in [3.05, 3.63) is 29.8 Å². The van der Waals surface area contributed by atoms with Crippen molar-refractivity contribution in [3.8, 4) is 0 Å². The van der Waals surface area contributed by atoms with Gasteiger partial charge in [-0.2, -0.15) is 0 Å². The molecule has 0 aromatic heterocycles. The Kier molecular flexibility index (Phi) is 6.74. The van der Waals surface area contributed by atoms with Gasteiger partial charge in [0.2, 0.25) is 5.91 Å². The third kappa shape index (κ3) is 7.75. The fourth-order valence-electron chi connectivity index (χ4n) is 1.52. The van der Waals surface area contributed by atoms with E-state index in [2.05, 4.69) is 5.32 Å². The Hall–Kier alpha value is -1.50. The van der Waals surface area contributed by atoms with Gasteiger partial charge in [0.25, 0.3) is 0 Å². The van der Waals surface area contributed by atoms with Crippen molar-refractivity contribution < 1.29 is 14.3 Å². The van der Waals surface area contributed by atoms with E-state index in [4.69, 9.17) is 27.4 Å². The Labute approximate surface area is 130 Å². The number of thiocarbonyl (C=S) groups is 1.